The number of hydrogen-bond donors (Lipinski definition) is 2. The summed E-state index contributed by atoms with van der Waals surface area (Å²) in [6.07, 6.45) is 0.123. The molecule has 0 aromatic rings. The second kappa shape index (κ2) is 5.53. The molecule has 0 aliphatic rings. The molecule has 0 bridgehead atoms. The Labute approximate surface area is 83.1 Å². The Morgan fingerprint density at radius 1 is 1.77 bits per heavy atom. The van der Waals surface area contributed by atoms with Gasteiger partial charge in [-0.3, -0.25) is 0 Å². The molecular formula is C8H14N2O2S. The molecule has 0 aliphatic heterocycles. The van der Waals surface area contributed by atoms with E-state index in [0.29, 0.717) is 12.0 Å². The van der Waals surface area contributed by atoms with Crippen LogP contribution in [0.3, 0.4) is 0 Å². The SMILES string of the molecule is C=C(C)C(=O)OC(CC)NC(N)=S. The molecule has 1 unspecified atom stereocenters. The number of carbonyl (C=O) groups is 1. The topological polar surface area (TPSA) is 64.3 Å². The monoisotopic (exact) mass is 202 g/mol. The summed E-state index contributed by atoms with van der Waals surface area (Å²) in [6, 6.07) is 0. The van der Waals surface area contributed by atoms with Crippen molar-refractivity contribution in [2.45, 2.75) is 26.5 Å². The highest BCUT2D eigenvalue weighted by Crippen LogP contribution is 1.99. The lowest BCUT2D eigenvalue weighted by Gasteiger charge is -2.17. The van der Waals surface area contributed by atoms with Crippen LogP contribution in [0.4, 0.5) is 0 Å². The van der Waals surface area contributed by atoms with Gasteiger partial charge in [0.25, 0.3) is 0 Å². The zero-order valence-corrected chi connectivity index (χ0v) is 8.61. The van der Waals surface area contributed by atoms with Crippen LogP contribution < -0.4 is 11.1 Å². The van der Waals surface area contributed by atoms with Crippen LogP contribution in [0.15, 0.2) is 12.2 Å². The van der Waals surface area contributed by atoms with Crippen molar-refractivity contribution in [1.82, 2.24) is 5.32 Å². The Balaban J connectivity index is 4.05. The van der Waals surface area contributed by atoms with Gasteiger partial charge in [-0.2, -0.15) is 0 Å². The molecule has 0 radical (unpaired) electrons. The van der Waals surface area contributed by atoms with Crippen molar-refractivity contribution in [3.8, 4) is 0 Å². The van der Waals surface area contributed by atoms with Crippen LogP contribution in [0, 0.1) is 0 Å². The molecule has 0 aliphatic carbocycles. The van der Waals surface area contributed by atoms with E-state index in [1.807, 2.05) is 6.92 Å². The van der Waals surface area contributed by atoms with Crippen molar-refractivity contribution in [3.05, 3.63) is 12.2 Å². The number of nitrogens with two attached hydrogens (primary N) is 1. The van der Waals surface area contributed by atoms with Crippen LogP contribution >= 0.6 is 12.2 Å². The quantitative estimate of drug-likeness (QED) is 0.304. The fraction of sp³-hybridized carbons (Fsp3) is 0.500. The summed E-state index contributed by atoms with van der Waals surface area (Å²) in [5, 5.41) is 2.75. The molecule has 0 rings (SSSR count). The highest BCUT2D eigenvalue weighted by molar-refractivity contribution is 7.80. The molecule has 0 heterocycles. The van der Waals surface area contributed by atoms with Crippen LogP contribution in [0.2, 0.25) is 0 Å². The Kier molecular flexibility index (Phi) is 5.06. The average Bonchev–Trinajstić information content (AvgIpc) is 2.02. The molecule has 0 fully saturated rings. The fourth-order valence-corrected chi connectivity index (χ4v) is 0.735. The maximum atomic E-state index is 11.0. The van der Waals surface area contributed by atoms with Gasteiger partial charge in [0.05, 0.1) is 0 Å². The van der Waals surface area contributed by atoms with Gasteiger partial charge in [-0.1, -0.05) is 13.5 Å². The molecule has 0 aromatic heterocycles. The van der Waals surface area contributed by atoms with E-state index in [4.69, 9.17) is 10.5 Å². The van der Waals surface area contributed by atoms with Gasteiger partial charge in [-0.05, 0) is 19.1 Å². The van der Waals surface area contributed by atoms with Crippen molar-refractivity contribution in [1.29, 1.82) is 0 Å². The lowest BCUT2D eigenvalue weighted by atomic mass is 10.3. The molecule has 0 aromatic carbocycles. The lowest BCUT2D eigenvalue weighted by Crippen LogP contribution is -2.40. The third-order valence-electron chi connectivity index (χ3n) is 1.27. The van der Waals surface area contributed by atoms with Gasteiger partial charge in [0, 0.05) is 12.0 Å². The number of esters is 1. The summed E-state index contributed by atoms with van der Waals surface area (Å²) in [5.74, 6) is -0.449. The minimum Gasteiger partial charge on any atom is -0.438 e. The Morgan fingerprint density at radius 3 is 2.62 bits per heavy atom. The van der Waals surface area contributed by atoms with Gasteiger partial charge in [0.1, 0.15) is 0 Å². The van der Waals surface area contributed by atoms with Crippen molar-refractivity contribution in [2.24, 2.45) is 5.73 Å². The molecule has 0 spiro atoms. The standard InChI is InChI=1S/C8H14N2O2S/c1-4-6(10-8(9)13)12-7(11)5(2)3/h6H,2,4H2,1,3H3,(H3,9,10,13). The summed E-state index contributed by atoms with van der Waals surface area (Å²) in [7, 11) is 0. The molecule has 0 amide bonds. The number of ether oxygens (including phenoxy) is 1. The predicted octanol–water partition coefficient (Wildman–Crippen LogP) is 0.675. The molecule has 0 saturated carbocycles. The maximum Gasteiger partial charge on any atom is 0.335 e. The second-order valence-electron chi connectivity index (χ2n) is 2.59. The molecule has 5 heteroatoms. The van der Waals surface area contributed by atoms with Gasteiger partial charge >= 0.3 is 5.97 Å². The third-order valence-corrected chi connectivity index (χ3v) is 1.39. The molecule has 0 saturated heterocycles. The Bertz CT molecular complexity index is 228. The summed E-state index contributed by atoms with van der Waals surface area (Å²) in [4.78, 5) is 11.0. The first kappa shape index (κ1) is 11.9. The summed E-state index contributed by atoms with van der Waals surface area (Å²) >= 11 is 4.61. The fourth-order valence-electron chi connectivity index (χ4n) is 0.603. The van der Waals surface area contributed by atoms with E-state index in [2.05, 4.69) is 24.1 Å². The van der Waals surface area contributed by atoms with Crippen LogP contribution in [0.1, 0.15) is 20.3 Å². The molecule has 74 valence electrons. The summed E-state index contributed by atoms with van der Waals surface area (Å²) in [5.41, 5.74) is 5.58. The minimum absolute atomic E-state index is 0.112. The number of nitrogens with one attached hydrogen (secondary N) is 1. The lowest BCUT2D eigenvalue weighted by molar-refractivity contribution is -0.145. The van der Waals surface area contributed by atoms with E-state index in [0.717, 1.165) is 0 Å². The predicted molar refractivity (Wildman–Crippen MR) is 54.9 cm³/mol. The maximum absolute atomic E-state index is 11.0. The van der Waals surface area contributed by atoms with Crippen LogP contribution in [0.25, 0.3) is 0 Å². The normalized spacial score (nSPS) is 11.5. The summed E-state index contributed by atoms with van der Waals surface area (Å²) in [6.45, 7) is 6.88. The van der Waals surface area contributed by atoms with Crippen molar-refractivity contribution < 1.29 is 9.53 Å². The van der Waals surface area contributed by atoms with E-state index in [1.165, 1.54) is 0 Å². The zero-order chi connectivity index (χ0) is 10.4. The molecular weight excluding hydrogens is 188 g/mol. The van der Waals surface area contributed by atoms with E-state index in [1.54, 1.807) is 6.92 Å². The highest BCUT2D eigenvalue weighted by Gasteiger charge is 2.12. The largest absolute Gasteiger partial charge is 0.438 e. The van der Waals surface area contributed by atoms with E-state index in [-0.39, 0.29) is 5.11 Å². The van der Waals surface area contributed by atoms with Gasteiger partial charge in [0.2, 0.25) is 0 Å². The first-order valence-corrected chi connectivity index (χ1v) is 4.30. The first-order valence-electron chi connectivity index (χ1n) is 3.89. The van der Waals surface area contributed by atoms with Gasteiger partial charge < -0.3 is 15.8 Å². The average molecular weight is 202 g/mol. The molecule has 4 nitrogen and oxygen atoms in total. The first-order chi connectivity index (χ1) is 5.97. The van der Waals surface area contributed by atoms with Crippen molar-refractivity contribution in [3.63, 3.8) is 0 Å². The molecule has 3 N–H and O–H groups in total. The molecule has 1 atom stereocenters. The number of thiocarbonyl (C=S) groups is 1. The van der Waals surface area contributed by atoms with Gasteiger partial charge in [-0.15, -0.1) is 0 Å². The second-order valence-corrected chi connectivity index (χ2v) is 3.03. The number of hydrogen-bond acceptors (Lipinski definition) is 3. The minimum atomic E-state index is -0.471. The Hall–Kier alpha value is -1.10. The number of rotatable bonds is 4. The molecule has 13 heavy (non-hydrogen) atoms. The summed E-state index contributed by atoms with van der Waals surface area (Å²) < 4.78 is 4.95. The van der Waals surface area contributed by atoms with E-state index < -0.39 is 12.2 Å². The van der Waals surface area contributed by atoms with Gasteiger partial charge in [0.15, 0.2) is 11.3 Å². The van der Waals surface area contributed by atoms with Crippen molar-refractivity contribution in [2.75, 3.05) is 0 Å². The van der Waals surface area contributed by atoms with Gasteiger partial charge in [-0.25, -0.2) is 4.79 Å². The van der Waals surface area contributed by atoms with Crippen molar-refractivity contribution >= 4 is 23.3 Å². The van der Waals surface area contributed by atoms with E-state index >= 15 is 0 Å². The van der Waals surface area contributed by atoms with Crippen LogP contribution in [-0.4, -0.2) is 17.3 Å². The number of carbonyl (C=O) groups excluding carboxylic acids is 1. The van der Waals surface area contributed by atoms with Crippen LogP contribution in [0.5, 0.6) is 0 Å². The smallest absolute Gasteiger partial charge is 0.335 e. The zero-order valence-electron chi connectivity index (χ0n) is 7.79. The van der Waals surface area contributed by atoms with Crippen LogP contribution in [-0.2, 0) is 9.53 Å². The van der Waals surface area contributed by atoms with E-state index in [9.17, 15) is 4.79 Å². The highest BCUT2D eigenvalue weighted by atomic mass is 32.1. The third kappa shape index (κ3) is 5.19. The Morgan fingerprint density at radius 2 is 2.31 bits per heavy atom.